The van der Waals surface area contributed by atoms with Crippen LogP contribution in [0.2, 0.25) is 0 Å². The number of aliphatic imine (C=N–C) groups is 2. The molecule has 0 radical (unpaired) electrons. The fourth-order valence-electron chi connectivity index (χ4n) is 4.04. The van der Waals surface area contributed by atoms with Crippen LogP contribution < -0.4 is 10.6 Å². The number of rotatable bonds is 9. The van der Waals surface area contributed by atoms with Crippen LogP contribution in [0.1, 0.15) is 81.2 Å². The second-order valence-electron chi connectivity index (χ2n) is 9.79. The smallest absolute Gasteiger partial charge is 0.195 e. The summed E-state index contributed by atoms with van der Waals surface area (Å²) in [4.78, 5) is 8.45. The normalized spacial score (nSPS) is 13.5. The molecular formula is C31H46N4. The molecular weight excluding hydrogens is 428 g/mol. The molecule has 0 spiro atoms. The van der Waals surface area contributed by atoms with E-state index in [9.17, 15) is 0 Å². The summed E-state index contributed by atoms with van der Waals surface area (Å²) < 4.78 is 0. The summed E-state index contributed by atoms with van der Waals surface area (Å²) in [7, 11) is 0. The molecule has 0 atom stereocenters. The van der Waals surface area contributed by atoms with Crippen molar-refractivity contribution < 1.29 is 0 Å². The highest BCUT2D eigenvalue weighted by Crippen LogP contribution is 2.23. The van der Waals surface area contributed by atoms with Crippen LogP contribution in [0.15, 0.2) is 52.5 Å². The van der Waals surface area contributed by atoms with Gasteiger partial charge in [-0.25, -0.2) is 0 Å². The SMILES string of the molecule is C=N/C(=C\C)c1ccc(CCCC)cc1.Cc1cc(NC2=NCCCN2)c(C)cc1CCC(C)C. The van der Waals surface area contributed by atoms with Gasteiger partial charge in [-0.3, -0.25) is 9.98 Å². The summed E-state index contributed by atoms with van der Waals surface area (Å²) in [6.45, 7) is 18.6. The van der Waals surface area contributed by atoms with Crippen molar-refractivity contribution in [3.8, 4) is 0 Å². The van der Waals surface area contributed by atoms with Gasteiger partial charge < -0.3 is 10.6 Å². The highest BCUT2D eigenvalue weighted by Gasteiger charge is 2.09. The van der Waals surface area contributed by atoms with E-state index in [1.165, 1.54) is 60.0 Å². The first-order chi connectivity index (χ1) is 16.9. The maximum absolute atomic E-state index is 4.47. The quantitative estimate of drug-likeness (QED) is 0.365. The molecule has 4 heteroatoms. The van der Waals surface area contributed by atoms with Crippen LogP contribution in [0.5, 0.6) is 0 Å². The van der Waals surface area contributed by atoms with Gasteiger partial charge in [0.1, 0.15) is 0 Å². The molecule has 0 saturated heterocycles. The second kappa shape index (κ2) is 15.2. The molecule has 2 aromatic rings. The first kappa shape index (κ1) is 28.4. The van der Waals surface area contributed by atoms with Crippen LogP contribution in [-0.2, 0) is 12.8 Å². The van der Waals surface area contributed by atoms with E-state index in [0.717, 1.165) is 42.6 Å². The number of nitrogens with zero attached hydrogens (tertiary/aromatic N) is 2. The van der Waals surface area contributed by atoms with Crippen LogP contribution in [0.3, 0.4) is 0 Å². The second-order valence-corrected chi connectivity index (χ2v) is 9.79. The van der Waals surface area contributed by atoms with E-state index < -0.39 is 0 Å². The summed E-state index contributed by atoms with van der Waals surface area (Å²) in [6, 6.07) is 13.2. The zero-order chi connectivity index (χ0) is 25.6. The third-order valence-electron chi connectivity index (χ3n) is 6.34. The topological polar surface area (TPSA) is 48.8 Å². The number of unbranched alkanes of at least 4 members (excludes halogenated alkanes) is 1. The summed E-state index contributed by atoms with van der Waals surface area (Å²) in [6.07, 6.45) is 9.20. The number of anilines is 1. The van der Waals surface area contributed by atoms with Crippen molar-refractivity contribution in [2.45, 2.75) is 80.1 Å². The maximum atomic E-state index is 4.47. The predicted molar refractivity (Wildman–Crippen MR) is 156 cm³/mol. The number of hydrogen-bond acceptors (Lipinski definition) is 4. The summed E-state index contributed by atoms with van der Waals surface area (Å²) >= 11 is 0. The van der Waals surface area contributed by atoms with Crippen LogP contribution in [0.25, 0.3) is 5.70 Å². The minimum absolute atomic E-state index is 0.758. The van der Waals surface area contributed by atoms with E-state index in [-0.39, 0.29) is 0 Å². The number of aryl methyl sites for hydroxylation is 4. The van der Waals surface area contributed by atoms with Crippen molar-refractivity contribution in [3.05, 3.63) is 70.3 Å². The van der Waals surface area contributed by atoms with Gasteiger partial charge in [-0.1, -0.05) is 63.6 Å². The number of guanidine groups is 1. The Morgan fingerprint density at radius 2 is 1.89 bits per heavy atom. The van der Waals surface area contributed by atoms with Gasteiger partial charge in [0.2, 0.25) is 0 Å². The lowest BCUT2D eigenvalue weighted by Crippen LogP contribution is -2.35. The zero-order valence-electron chi connectivity index (χ0n) is 22.9. The lowest BCUT2D eigenvalue weighted by atomic mass is 9.96. The fourth-order valence-corrected chi connectivity index (χ4v) is 4.04. The van der Waals surface area contributed by atoms with Crippen molar-refractivity contribution in [2.24, 2.45) is 15.9 Å². The Hall–Kier alpha value is -2.88. The zero-order valence-corrected chi connectivity index (χ0v) is 22.9. The van der Waals surface area contributed by atoms with Crippen LogP contribution in [0.4, 0.5) is 5.69 Å². The Bertz CT molecular complexity index is 984. The molecule has 3 rings (SSSR count). The summed E-state index contributed by atoms with van der Waals surface area (Å²) in [5, 5.41) is 6.73. The highest BCUT2D eigenvalue weighted by atomic mass is 15.2. The van der Waals surface area contributed by atoms with Gasteiger partial charge in [-0.2, -0.15) is 0 Å². The van der Waals surface area contributed by atoms with Gasteiger partial charge >= 0.3 is 0 Å². The van der Waals surface area contributed by atoms with E-state index in [2.05, 4.69) is 98.4 Å². The highest BCUT2D eigenvalue weighted by molar-refractivity contribution is 5.94. The van der Waals surface area contributed by atoms with Gasteiger partial charge in [0.15, 0.2) is 5.96 Å². The summed E-state index contributed by atoms with van der Waals surface area (Å²) in [5.41, 5.74) is 8.81. The monoisotopic (exact) mass is 474 g/mol. The molecule has 0 unspecified atom stereocenters. The average Bonchev–Trinajstić information content (AvgIpc) is 2.86. The van der Waals surface area contributed by atoms with Gasteiger partial charge in [-0.05, 0) is 99.4 Å². The Morgan fingerprint density at radius 3 is 2.46 bits per heavy atom. The van der Waals surface area contributed by atoms with Crippen molar-refractivity contribution in [3.63, 3.8) is 0 Å². The average molecular weight is 475 g/mol. The van der Waals surface area contributed by atoms with Crippen LogP contribution in [-0.4, -0.2) is 25.8 Å². The fraction of sp³-hybridized carbons (Fsp3) is 0.484. The number of hydrogen-bond donors (Lipinski definition) is 2. The predicted octanol–water partition coefficient (Wildman–Crippen LogP) is 7.74. The van der Waals surface area contributed by atoms with Crippen LogP contribution in [0, 0.1) is 19.8 Å². The molecule has 0 aliphatic carbocycles. The molecule has 0 aromatic heterocycles. The molecule has 0 saturated carbocycles. The number of benzene rings is 2. The molecule has 4 nitrogen and oxygen atoms in total. The molecule has 0 bridgehead atoms. The Kier molecular flexibility index (Phi) is 12.3. The Labute approximate surface area is 214 Å². The van der Waals surface area contributed by atoms with Crippen molar-refractivity contribution in [1.82, 2.24) is 5.32 Å². The van der Waals surface area contributed by atoms with E-state index in [4.69, 9.17) is 0 Å². The van der Waals surface area contributed by atoms with Crippen LogP contribution >= 0.6 is 0 Å². The molecule has 35 heavy (non-hydrogen) atoms. The molecule has 1 heterocycles. The Balaban J connectivity index is 0.000000258. The van der Waals surface area contributed by atoms with Gasteiger partial charge in [0.25, 0.3) is 0 Å². The lowest BCUT2D eigenvalue weighted by molar-refractivity contribution is 0.585. The molecule has 1 aliphatic rings. The van der Waals surface area contributed by atoms with E-state index >= 15 is 0 Å². The maximum Gasteiger partial charge on any atom is 0.195 e. The number of allylic oxidation sites excluding steroid dienone is 1. The minimum Gasteiger partial charge on any atom is -0.356 e. The molecule has 190 valence electrons. The molecule has 0 amide bonds. The first-order valence-electron chi connectivity index (χ1n) is 13.3. The molecule has 0 fully saturated rings. The lowest BCUT2D eigenvalue weighted by Gasteiger charge is -2.19. The van der Waals surface area contributed by atoms with Gasteiger partial charge in [0, 0.05) is 18.8 Å². The molecule has 1 aliphatic heterocycles. The molecule has 2 aromatic carbocycles. The summed E-state index contributed by atoms with van der Waals surface area (Å²) in [5.74, 6) is 1.67. The Morgan fingerprint density at radius 1 is 1.14 bits per heavy atom. The van der Waals surface area contributed by atoms with E-state index in [1.807, 2.05) is 13.0 Å². The standard InChI is InChI=1S/C17H27N3.C14H19N/c1-12(2)6-7-15-10-14(4)16(11-13(15)3)20-17-18-8-5-9-19-17;1-4-6-7-12-8-10-13(11-9-12)14(5-2)15-3/h10-12H,5-9H2,1-4H3,(H2,18,19,20);5,8-11H,3-4,6-7H2,1-2H3/b;14-5-. The number of nitrogens with one attached hydrogen (secondary N) is 2. The van der Waals surface area contributed by atoms with E-state index in [1.54, 1.807) is 0 Å². The third-order valence-corrected chi connectivity index (χ3v) is 6.34. The van der Waals surface area contributed by atoms with E-state index in [0.29, 0.717) is 0 Å². The van der Waals surface area contributed by atoms with Gasteiger partial charge in [-0.15, -0.1) is 0 Å². The third kappa shape index (κ3) is 9.71. The van der Waals surface area contributed by atoms with Crippen molar-refractivity contribution in [2.75, 3.05) is 18.4 Å². The minimum atomic E-state index is 0.758. The largest absolute Gasteiger partial charge is 0.356 e. The molecule has 2 N–H and O–H groups in total. The van der Waals surface area contributed by atoms with Crippen molar-refractivity contribution >= 4 is 24.1 Å². The first-order valence-corrected chi connectivity index (χ1v) is 13.3. The van der Waals surface area contributed by atoms with Crippen molar-refractivity contribution in [1.29, 1.82) is 0 Å². The van der Waals surface area contributed by atoms with Gasteiger partial charge in [0.05, 0.1) is 5.70 Å².